The van der Waals surface area contributed by atoms with Crippen LogP contribution in [0.25, 0.3) is 0 Å². The predicted molar refractivity (Wildman–Crippen MR) is 102 cm³/mol. The predicted octanol–water partition coefficient (Wildman–Crippen LogP) is 3.02. The molecule has 154 valence electrons. The van der Waals surface area contributed by atoms with Crippen LogP contribution in [0.4, 0.5) is 14.6 Å². The van der Waals surface area contributed by atoms with Crippen LogP contribution in [-0.2, 0) is 11.3 Å². The number of rotatable bonds is 8. The number of nitrogens with one attached hydrogen (secondary N) is 2. The number of hydrogen-bond donors (Lipinski definition) is 2. The van der Waals surface area contributed by atoms with Crippen molar-refractivity contribution in [3.63, 3.8) is 0 Å². The number of anilines is 1. The quantitative estimate of drug-likeness (QED) is 0.706. The minimum Gasteiger partial charge on any atom is -0.472 e. The molecule has 1 fully saturated rings. The number of carbonyl (C=O) groups excluding carboxylic acids is 2. The number of aromatic nitrogens is 2. The van der Waals surface area contributed by atoms with Gasteiger partial charge in [-0.1, -0.05) is 6.07 Å². The lowest BCUT2D eigenvalue weighted by Gasteiger charge is -2.11. The first-order valence-corrected chi connectivity index (χ1v) is 9.27. The van der Waals surface area contributed by atoms with E-state index in [0.29, 0.717) is 22.8 Å². The van der Waals surface area contributed by atoms with Crippen LogP contribution in [-0.4, -0.2) is 34.8 Å². The van der Waals surface area contributed by atoms with E-state index in [4.69, 9.17) is 4.74 Å². The van der Waals surface area contributed by atoms with Gasteiger partial charge in [0.25, 0.3) is 12.3 Å². The molecule has 7 nitrogen and oxygen atoms in total. The van der Waals surface area contributed by atoms with Gasteiger partial charge in [-0.05, 0) is 44.4 Å². The van der Waals surface area contributed by atoms with Gasteiger partial charge in [-0.15, -0.1) is 0 Å². The number of ether oxygens (including phenoxy) is 1. The molecule has 0 atom stereocenters. The largest absolute Gasteiger partial charge is 0.472 e. The van der Waals surface area contributed by atoms with Crippen LogP contribution in [0.5, 0.6) is 5.88 Å². The zero-order valence-corrected chi connectivity index (χ0v) is 16.2. The summed E-state index contributed by atoms with van der Waals surface area (Å²) in [6.07, 6.45) is -0.812. The van der Waals surface area contributed by atoms with Gasteiger partial charge in [0.2, 0.25) is 11.8 Å². The molecule has 1 saturated carbocycles. The van der Waals surface area contributed by atoms with E-state index in [0.717, 1.165) is 18.4 Å². The molecule has 2 aromatic rings. The highest BCUT2D eigenvalue weighted by molar-refractivity contribution is 5.97. The third-order valence-corrected chi connectivity index (χ3v) is 4.38. The van der Waals surface area contributed by atoms with Crippen molar-refractivity contribution >= 4 is 17.6 Å². The molecular weight excluding hydrogens is 382 g/mol. The van der Waals surface area contributed by atoms with Gasteiger partial charge in [0, 0.05) is 35.5 Å². The highest BCUT2D eigenvalue weighted by Gasteiger charge is 2.30. The van der Waals surface area contributed by atoms with Crippen molar-refractivity contribution in [1.82, 2.24) is 15.3 Å². The first-order chi connectivity index (χ1) is 13.8. The lowest BCUT2D eigenvalue weighted by Crippen LogP contribution is -2.24. The molecular formula is C20H22F2N4O3. The van der Waals surface area contributed by atoms with Gasteiger partial charge in [-0.3, -0.25) is 9.59 Å². The molecule has 0 aromatic carbocycles. The fourth-order valence-electron chi connectivity index (χ4n) is 2.70. The van der Waals surface area contributed by atoms with Crippen molar-refractivity contribution in [3.05, 3.63) is 46.8 Å². The van der Waals surface area contributed by atoms with Crippen molar-refractivity contribution in [2.45, 2.75) is 39.7 Å². The number of amides is 2. The Morgan fingerprint density at radius 1 is 1.21 bits per heavy atom. The van der Waals surface area contributed by atoms with Crippen molar-refractivity contribution in [2.75, 3.05) is 11.9 Å². The van der Waals surface area contributed by atoms with Gasteiger partial charge < -0.3 is 15.4 Å². The monoisotopic (exact) mass is 404 g/mol. The zero-order chi connectivity index (χ0) is 21.0. The first-order valence-electron chi connectivity index (χ1n) is 9.27. The SMILES string of the molecule is Cc1cc(C(=O)NCc2ccc(OCC(F)F)nc2C)cc(NC(=O)C2CC2)n1. The third-order valence-electron chi connectivity index (χ3n) is 4.38. The Morgan fingerprint density at radius 2 is 1.97 bits per heavy atom. The van der Waals surface area contributed by atoms with Crippen LogP contribution in [0.15, 0.2) is 24.3 Å². The number of halogens is 2. The Balaban J connectivity index is 1.61. The van der Waals surface area contributed by atoms with E-state index in [2.05, 4.69) is 20.6 Å². The molecule has 0 radical (unpaired) electrons. The number of nitrogens with zero attached hydrogens (tertiary/aromatic N) is 2. The first kappa shape index (κ1) is 20.6. The second-order valence-electron chi connectivity index (χ2n) is 6.92. The molecule has 0 unspecified atom stereocenters. The van der Waals surface area contributed by atoms with Crippen LogP contribution in [0.3, 0.4) is 0 Å². The fourth-order valence-corrected chi connectivity index (χ4v) is 2.70. The maximum atomic E-state index is 12.5. The van der Waals surface area contributed by atoms with Crippen molar-refractivity contribution < 1.29 is 23.1 Å². The van der Waals surface area contributed by atoms with Gasteiger partial charge >= 0.3 is 0 Å². The van der Waals surface area contributed by atoms with E-state index < -0.39 is 13.0 Å². The molecule has 2 N–H and O–H groups in total. The second kappa shape index (κ2) is 8.93. The normalized spacial score (nSPS) is 13.3. The standard InChI is InChI=1S/C20H22F2N4O3/c1-11-7-15(8-17(24-11)26-20(28)13-3-4-13)19(27)23-9-14-5-6-18(25-12(14)2)29-10-16(21)22/h5-8,13,16H,3-4,9-10H2,1-2H3,(H,23,27)(H,24,26,28). The molecule has 2 amide bonds. The molecule has 29 heavy (non-hydrogen) atoms. The Labute approximate surface area is 166 Å². The summed E-state index contributed by atoms with van der Waals surface area (Å²) in [5.41, 5.74) is 2.30. The molecule has 0 saturated heterocycles. The molecule has 1 aliphatic rings. The van der Waals surface area contributed by atoms with E-state index >= 15 is 0 Å². The van der Waals surface area contributed by atoms with Crippen LogP contribution in [0.1, 0.15) is 40.2 Å². The molecule has 1 aliphatic carbocycles. The minimum atomic E-state index is -2.57. The van der Waals surface area contributed by atoms with Crippen LogP contribution in [0, 0.1) is 19.8 Å². The van der Waals surface area contributed by atoms with E-state index in [1.54, 1.807) is 26.0 Å². The Morgan fingerprint density at radius 3 is 2.62 bits per heavy atom. The van der Waals surface area contributed by atoms with Crippen LogP contribution < -0.4 is 15.4 Å². The zero-order valence-electron chi connectivity index (χ0n) is 16.2. The van der Waals surface area contributed by atoms with Gasteiger partial charge in [0.05, 0.1) is 0 Å². The van der Waals surface area contributed by atoms with Crippen LogP contribution >= 0.6 is 0 Å². The number of aryl methyl sites for hydroxylation is 2. The fraction of sp³-hybridized carbons (Fsp3) is 0.400. The molecule has 2 aromatic heterocycles. The Bertz CT molecular complexity index is 917. The van der Waals surface area contributed by atoms with Gasteiger partial charge in [-0.25, -0.2) is 18.7 Å². The van der Waals surface area contributed by atoms with Crippen molar-refractivity contribution in [1.29, 1.82) is 0 Å². The summed E-state index contributed by atoms with van der Waals surface area (Å²) in [5.74, 6) is 0.0991. The minimum absolute atomic E-state index is 0.0395. The van der Waals surface area contributed by atoms with Gasteiger partial charge in [-0.2, -0.15) is 0 Å². The van der Waals surface area contributed by atoms with E-state index in [1.807, 2.05) is 0 Å². The van der Waals surface area contributed by atoms with E-state index in [1.165, 1.54) is 12.1 Å². The Hall–Kier alpha value is -3.10. The number of alkyl halides is 2. The lowest BCUT2D eigenvalue weighted by atomic mass is 10.1. The highest BCUT2D eigenvalue weighted by Crippen LogP contribution is 2.30. The summed E-state index contributed by atoms with van der Waals surface area (Å²) in [5, 5.41) is 5.53. The van der Waals surface area contributed by atoms with E-state index in [9.17, 15) is 18.4 Å². The molecule has 0 spiro atoms. The second-order valence-corrected chi connectivity index (χ2v) is 6.92. The third kappa shape index (κ3) is 5.94. The topological polar surface area (TPSA) is 93.2 Å². The average molecular weight is 404 g/mol. The lowest BCUT2D eigenvalue weighted by molar-refractivity contribution is -0.117. The average Bonchev–Trinajstić information content (AvgIpc) is 3.50. The number of hydrogen-bond acceptors (Lipinski definition) is 5. The molecule has 3 rings (SSSR count). The Kier molecular flexibility index (Phi) is 6.36. The van der Waals surface area contributed by atoms with Gasteiger partial charge in [0.15, 0.2) is 6.61 Å². The van der Waals surface area contributed by atoms with Crippen LogP contribution in [0.2, 0.25) is 0 Å². The molecule has 2 heterocycles. The molecule has 0 bridgehead atoms. The number of pyridine rings is 2. The summed E-state index contributed by atoms with van der Waals surface area (Å²) in [6, 6.07) is 6.32. The molecule has 0 aliphatic heterocycles. The summed E-state index contributed by atoms with van der Waals surface area (Å²) in [4.78, 5) is 32.8. The smallest absolute Gasteiger partial charge is 0.272 e. The summed E-state index contributed by atoms with van der Waals surface area (Å²) in [7, 11) is 0. The van der Waals surface area contributed by atoms with E-state index in [-0.39, 0.29) is 30.2 Å². The molecule has 9 heteroatoms. The summed E-state index contributed by atoms with van der Waals surface area (Å²) in [6.45, 7) is 2.94. The number of carbonyl (C=O) groups is 2. The van der Waals surface area contributed by atoms with Crippen molar-refractivity contribution in [3.8, 4) is 5.88 Å². The highest BCUT2D eigenvalue weighted by atomic mass is 19.3. The summed E-state index contributed by atoms with van der Waals surface area (Å²) < 4.78 is 29.3. The van der Waals surface area contributed by atoms with Gasteiger partial charge in [0.1, 0.15) is 5.82 Å². The maximum absolute atomic E-state index is 12.5. The van der Waals surface area contributed by atoms with Crippen molar-refractivity contribution in [2.24, 2.45) is 5.92 Å². The summed E-state index contributed by atoms with van der Waals surface area (Å²) >= 11 is 0. The maximum Gasteiger partial charge on any atom is 0.272 e.